The first kappa shape index (κ1) is 10.0. The third-order valence-corrected chi connectivity index (χ3v) is 0.884. The Morgan fingerprint density at radius 1 is 1.45 bits per heavy atom. The van der Waals surface area contributed by atoms with Gasteiger partial charge in [-0.25, -0.2) is 0 Å². The number of nitrogens with one attached hydrogen (secondary N) is 1. The Balaban J connectivity index is 4.01. The summed E-state index contributed by atoms with van der Waals surface area (Å²) in [7, 11) is 0. The molecule has 0 aliphatic heterocycles. The van der Waals surface area contributed by atoms with Gasteiger partial charge in [-0.15, -0.1) is 0 Å². The third-order valence-electron chi connectivity index (χ3n) is 0.884. The van der Waals surface area contributed by atoms with Gasteiger partial charge in [-0.05, 0) is 13.8 Å². The van der Waals surface area contributed by atoms with Gasteiger partial charge in [0.15, 0.2) is 0 Å². The smallest absolute Gasteiger partial charge is 0.286 e. The van der Waals surface area contributed by atoms with Gasteiger partial charge in [-0.1, -0.05) is 6.08 Å². The van der Waals surface area contributed by atoms with Gasteiger partial charge in [0.25, 0.3) is 0 Å². The van der Waals surface area contributed by atoms with E-state index in [4.69, 9.17) is 0 Å². The van der Waals surface area contributed by atoms with Crippen LogP contribution in [-0.2, 0) is 0 Å². The first-order chi connectivity index (χ1) is 4.98. The summed E-state index contributed by atoms with van der Waals surface area (Å²) in [5.74, 6) is 0. The SMILES string of the molecule is C/C=C\N/N=C(\C)C(F)(F)F. The molecule has 0 spiro atoms. The van der Waals surface area contributed by atoms with E-state index in [2.05, 4.69) is 10.5 Å². The molecule has 0 aromatic carbocycles. The summed E-state index contributed by atoms with van der Waals surface area (Å²) < 4.78 is 35.0. The van der Waals surface area contributed by atoms with Crippen LogP contribution in [-0.4, -0.2) is 11.9 Å². The first-order valence-electron chi connectivity index (χ1n) is 2.96. The van der Waals surface area contributed by atoms with E-state index in [-0.39, 0.29) is 0 Å². The second kappa shape index (κ2) is 4.00. The Labute approximate surface area is 62.8 Å². The molecule has 11 heavy (non-hydrogen) atoms. The molecule has 0 fully saturated rings. The molecule has 0 aromatic rings. The molecule has 0 unspecified atom stereocenters. The predicted octanol–water partition coefficient (Wildman–Crippen LogP) is 2.05. The molecule has 0 saturated carbocycles. The van der Waals surface area contributed by atoms with Crippen molar-refractivity contribution in [3.05, 3.63) is 12.3 Å². The Kier molecular flexibility index (Phi) is 3.64. The average molecular weight is 166 g/mol. The van der Waals surface area contributed by atoms with E-state index in [1.54, 1.807) is 13.0 Å². The van der Waals surface area contributed by atoms with Gasteiger partial charge in [0, 0.05) is 6.20 Å². The number of hydrogen-bond donors (Lipinski definition) is 1. The number of nitrogens with zero attached hydrogens (tertiary/aromatic N) is 1. The summed E-state index contributed by atoms with van der Waals surface area (Å²) in [5, 5.41) is 3.04. The molecule has 0 rings (SSSR count). The normalized spacial score (nSPS) is 14.1. The molecule has 0 atom stereocenters. The van der Waals surface area contributed by atoms with Crippen molar-refractivity contribution < 1.29 is 13.2 Å². The van der Waals surface area contributed by atoms with Crippen LogP contribution in [0, 0.1) is 0 Å². The van der Waals surface area contributed by atoms with Crippen LogP contribution >= 0.6 is 0 Å². The molecule has 64 valence electrons. The maximum absolute atomic E-state index is 11.7. The van der Waals surface area contributed by atoms with E-state index in [1.165, 1.54) is 6.20 Å². The topological polar surface area (TPSA) is 24.4 Å². The lowest BCUT2D eigenvalue weighted by atomic mass is 10.4. The lowest BCUT2D eigenvalue weighted by molar-refractivity contribution is -0.0595. The van der Waals surface area contributed by atoms with Crippen LogP contribution in [0.3, 0.4) is 0 Å². The fraction of sp³-hybridized carbons (Fsp3) is 0.500. The van der Waals surface area contributed by atoms with Crippen LogP contribution in [0.15, 0.2) is 17.4 Å². The van der Waals surface area contributed by atoms with Crippen molar-refractivity contribution in [3.8, 4) is 0 Å². The first-order valence-corrected chi connectivity index (χ1v) is 2.96. The van der Waals surface area contributed by atoms with Crippen LogP contribution in [0.25, 0.3) is 0 Å². The van der Waals surface area contributed by atoms with Gasteiger partial charge in [0.1, 0.15) is 5.71 Å². The van der Waals surface area contributed by atoms with Crippen molar-refractivity contribution in [3.63, 3.8) is 0 Å². The highest BCUT2D eigenvalue weighted by Gasteiger charge is 2.31. The number of halogens is 3. The fourth-order valence-electron chi connectivity index (χ4n) is 0.272. The molecule has 2 nitrogen and oxygen atoms in total. The molecule has 0 amide bonds. The lowest BCUT2D eigenvalue weighted by Gasteiger charge is -2.03. The number of alkyl halides is 3. The molecular formula is C6H9F3N2. The maximum Gasteiger partial charge on any atom is 0.430 e. The minimum absolute atomic E-state index is 0.893. The third kappa shape index (κ3) is 4.41. The van der Waals surface area contributed by atoms with E-state index in [0.717, 1.165) is 6.92 Å². The average Bonchev–Trinajstić information content (AvgIpc) is 1.86. The molecule has 5 heteroatoms. The molecular weight excluding hydrogens is 157 g/mol. The molecule has 0 heterocycles. The van der Waals surface area contributed by atoms with Gasteiger partial charge in [-0.2, -0.15) is 18.3 Å². The Morgan fingerprint density at radius 3 is 2.36 bits per heavy atom. The number of hydrazone groups is 1. The second-order valence-electron chi connectivity index (χ2n) is 1.82. The summed E-state index contributed by atoms with van der Waals surface area (Å²) in [6.45, 7) is 2.57. The Hall–Kier alpha value is -1.00. The van der Waals surface area contributed by atoms with Gasteiger partial charge < -0.3 is 0 Å². The van der Waals surface area contributed by atoms with Gasteiger partial charge in [0.05, 0.1) is 0 Å². The number of rotatable bonds is 2. The highest BCUT2D eigenvalue weighted by molar-refractivity contribution is 5.87. The zero-order valence-corrected chi connectivity index (χ0v) is 6.24. The van der Waals surface area contributed by atoms with Gasteiger partial charge in [-0.3, -0.25) is 5.43 Å². The molecule has 0 saturated heterocycles. The van der Waals surface area contributed by atoms with Crippen LogP contribution < -0.4 is 5.43 Å². The number of allylic oxidation sites excluding steroid dienone is 1. The summed E-state index contributed by atoms with van der Waals surface area (Å²) in [6, 6.07) is 0. The van der Waals surface area contributed by atoms with E-state index in [0.29, 0.717) is 0 Å². The van der Waals surface area contributed by atoms with E-state index in [9.17, 15) is 13.2 Å². The highest BCUT2D eigenvalue weighted by atomic mass is 19.4. The molecule has 0 bridgehead atoms. The zero-order valence-electron chi connectivity index (χ0n) is 6.24. The van der Waals surface area contributed by atoms with Crippen molar-refractivity contribution in [1.29, 1.82) is 0 Å². The summed E-state index contributed by atoms with van der Waals surface area (Å²) in [6.07, 6.45) is -1.48. The van der Waals surface area contributed by atoms with Crippen molar-refractivity contribution in [1.82, 2.24) is 5.43 Å². The number of hydrogen-bond acceptors (Lipinski definition) is 2. The maximum atomic E-state index is 11.7. The van der Waals surface area contributed by atoms with Crippen molar-refractivity contribution in [2.75, 3.05) is 0 Å². The van der Waals surface area contributed by atoms with Gasteiger partial charge >= 0.3 is 6.18 Å². The van der Waals surface area contributed by atoms with E-state index < -0.39 is 11.9 Å². The van der Waals surface area contributed by atoms with Crippen molar-refractivity contribution in [2.24, 2.45) is 5.10 Å². The minimum Gasteiger partial charge on any atom is -0.286 e. The minimum atomic E-state index is -4.34. The molecule has 0 aliphatic rings. The second-order valence-corrected chi connectivity index (χ2v) is 1.82. The molecule has 0 aromatic heterocycles. The standard InChI is InChI=1S/C6H9F3N2/c1-3-4-10-11-5(2)6(7,8)9/h3-4,10H,1-2H3/b4-3-,11-5+. The van der Waals surface area contributed by atoms with Crippen LogP contribution in [0.2, 0.25) is 0 Å². The van der Waals surface area contributed by atoms with Crippen molar-refractivity contribution in [2.45, 2.75) is 20.0 Å². The quantitative estimate of drug-likeness (QED) is 0.492. The van der Waals surface area contributed by atoms with Gasteiger partial charge in [0.2, 0.25) is 0 Å². The summed E-state index contributed by atoms with van der Waals surface area (Å²) in [5.41, 5.74) is 1.24. The summed E-state index contributed by atoms with van der Waals surface area (Å²) >= 11 is 0. The zero-order chi connectivity index (χ0) is 8.91. The molecule has 0 radical (unpaired) electrons. The van der Waals surface area contributed by atoms with E-state index >= 15 is 0 Å². The fourth-order valence-corrected chi connectivity index (χ4v) is 0.272. The molecule has 1 N–H and O–H groups in total. The molecule has 0 aliphatic carbocycles. The van der Waals surface area contributed by atoms with Crippen LogP contribution in [0.1, 0.15) is 13.8 Å². The van der Waals surface area contributed by atoms with E-state index in [1.807, 2.05) is 0 Å². The predicted molar refractivity (Wildman–Crippen MR) is 37.1 cm³/mol. The van der Waals surface area contributed by atoms with Crippen molar-refractivity contribution >= 4 is 5.71 Å². The largest absolute Gasteiger partial charge is 0.430 e. The van der Waals surface area contributed by atoms with Crippen LogP contribution in [0.5, 0.6) is 0 Å². The van der Waals surface area contributed by atoms with Crippen LogP contribution in [0.4, 0.5) is 13.2 Å². The summed E-state index contributed by atoms with van der Waals surface area (Å²) in [4.78, 5) is 0. The Bertz CT molecular complexity index is 169. The highest BCUT2D eigenvalue weighted by Crippen LogP contribution is 2.16. The lowest BCUT2D eigenvalue weighted by Crippen LogP contribution is -2.21. The Morgan fingerprint density at radius 2 is 2.00 bits per heavy atom. The monoisotopic (exact) mass is 166 g/mol.